The summed E-state index contributed by atoms with van der Waals surface area (Å²) in [5.74, 6) is -0.455. The number of hydrogen-bond acceptors (Lipinski definition) is 3. The Balaban J connectivity index is 0.000000720. The Morgan fingerprint density at radius 3 is 2.77 bits per heavy atom. The lowest BCUT2D eigenvalue weighted by molar-refractivity contribution is 0.632. The topological polar surface area (TPSA) is 51.3 Å². The molecule has 0 fully saturated rings. The van der Waals surface area contributed by atoms with E-state index in [-0.39, 0.29) is 30.5 Å². The van der Waals surface area contributed by atoms with Crippen LogP contribution in [0.4, 0.5) is 15.8 Å². The van der Waals surface area contributed by atoms with Crippen molar-refractivity contribution in [3.63, 3.8) is 0 Å². The van der Waals surface area contributed by atoms with Crippen molar-refractivity contribution < 1.29 is 4.39 Å². The van der Waals surface area contributed by atoms with Crippen LogP contribution in [0.15, 0.2) is 11.2 Å². The summed E-state index contributed by atoms with van der Waals surface area (Å²) in [6, 6.07) is 0. The predicted molar refractivity (Wildman–Crippen MR) is 55.0 cm³/mol. The van der Waals surface area contributed by atoms with Crippen molar-refractivity contribution in [2.75, 3.05) is 5.73 Å². The standard InChI is InChI=1S/C7H6FN3.2ClH/c8-6-4(9)3-11-5-1-2-10-7(5)6;;/h2-3H,1,9H2;2*1H. The molecule has 0 saturated carbocycles. The summed E-state index contributed by atoms with van der Waals surface area (Å²) in [5.41, 5.74) is 6.30. The van der Waals surface area contributed by atoms with Gasteiger partial charge in [-0.25, -0.2) is 4.39 Å². The van der Waals surface area contributed by atoms with E-state index in [1.807, 2.05) is 0 Å². The lowest BCUT2D eigenvalue weighted by Gasteiger charge is -1.99. The monoisotopic (exact) mass is 223 g/mol. The molecule has 0 saturated heterocycles. The van der Waals surface area contributed by atoms with Crippen LogP contribution in [0.5, 0.6) is 0 Å². The Bertz CT molecular complexity index is 341. The summed E-state index contributed by atoms with van der Waals surface area (Å²) in [7, 11) is 0. The van der Waals surface area contributed by atoms with E-state index in [0.29, 0.717) is 17.8 Å². The minimum absolute atomic E-state index is 0. The van der Waals surface area contributed by atoms with E-state index >= 15 is 0 Å². The van der Waals surface area contributed by atoms with Crippen LogP contribution in [0.25, 0.3) is 0 Å². The molecule has 2 rings (SSSR count). The third kappa shape index (κ3) is 1.89. The maximum atomic E-state index is 13.0. The molecule has 0 atom stereocenters. The Morgan fingerprint density at radius 2 is 2.08 bits per heavy atom. The number of anilines is 1. The number of rotatable bonds is 0. The molecular formula is C7H8Cl2FN3. The first-order valence-electron chi connectivity index (χ1n) is 3.24. The summed E-state index contributed by atoms with van der Waals surface area (Å²) < 4.78 is 13.0. The van der Waals surface area contributed by atoms with E-state index in [1.54, 1.807) is 6.21 Å². The molecule has 13 heavy (non-hydrogen) atoms. The Labute approximate surface area is 87.1 Å². The number of fused-ring (bicyclic) bond motifs is 1. The van der Waals surface area contributed by atoms with E-state index in [4.69, 9.17) is 5.73 Å². The Morgan fingerprint density at radius 1 is 1.38 bits per heavy atom. The van der Waals surface area contributed by atoms with Gasteiger partial charge in [-0.3, -0.25) is 9.98 Å². The number of aliphatic imine (C=N–C) groups is 1. The number of nitrogens with zero attached hydrogens (tertiary/aromatic N) is 2. The molecule has 0 aromatic carbocycles. The highest BCUT2D eigenvalue weighted by molar-refractivity contribution is 5.85. The number of pyridine rings is 1. The van der Waals surface area contributed by atoms with Crippen LogP contribution in [0.2, 0.25) is 0 Å². The van der Waals surface area contributed by atoms with Crippen LogP contribution in [-0.2, 0) is 6.42 Å². The van der Waals surface area contributed by atoms with Gasteiger partial charge in [-0.2, -0.15) is 0 Å². The summed E-state index contributed by atoms with van der Waals surface area (Å²) in [6.45, 7) is 0. The van der Waals surface area contributed by atoms with E-state index < -0.39 is 5.82 Å². The molecule has 6 heteroatoms. The highest BCUT2D eigenvalue weighted by atomic mass is 35.5. The first-order chi connectivity index (χ1) is 5.29. The zero-order chi connectivity index (χ0) is 7.84. The zero-order valence-corrected chi connectivity index (χ0v) is 8.16. The summed E-state index contributed by atoms with van der Waals surface area (Å²) in [4.78, 5) is 7.75. The highest BCUT2D eigenvalue weighted by Gasteiger charge is 2.14. The van der Waals surface area contributed by atoms with E-state index in [2.05, 4.69) is 9.98 Å². The third-order valence-corrected chi connectivity index (χ3v) is 1.60. The van der Waals surface area contributed by atoms with Crippen LogP contribution in [-0.4, -0.2) is 11.2 Å². The van der Waals surface area contributed by atoms with E-state index in [0.717, 1.165) is 0 Å². The SMILES string of the molecule is Cl.Cl.Nc1cnc2c(c1F)N=CC2. The van der Waals surface area contributed by atoms with Gasteiger partial charge in [0.2, 0.25) is 0 Å². The molecule has 1 aliphatic heterocycles. The highest BCUT2D eigenvalue weighted by Crippen LogP contribution is 2.28. The van der Waals surface area contributed by atoms with Crippen LogP contribution >= 0.6 is 24.8 Å². The molecular weight excluding hydrogens is 216 g/mol. The molecule has 0 bridgehead atoms. The summed E-state index contributed by atoms with van der Waals surface area (Å²) in [5, 5.41) is 0. The second-order valence-electron chi connectivity index (χ2n) is 2.34. The van der Waals surface area contributed by atoms with Gasteiger partial charge in [0.05, 0.1) is 17.6 Å². The third-order valence-electron chi connectivity index (χ3n) is 1.60. The molecule has 0 aliphatic carbocycles. The fourth-order valence-corrected chi connectivity index (χ4v) is 1.03. The number of nitrogen functional groups attached to an aromatic ring is 1. The second-order valence-corrected chi connectivity index (χ2v) is 2.34. The second kappa shape index (κ2) is 4.39. The van der Waals surface area contributed by atoms with Gasteiger partial charge >= 0.3 is 0 Å². The predicted octanol–water partition coefficient (Wildman–Crippen LogP) is 1.90. The quantitative estimate of drug-likeness (QED) is 0.731. The average molecular weight is 224 g/mol. The fourth-order valence-electron chi connectivity index (χ4n) is 1.03. The zero-order valence-electron chi connectivity index (χ0n) is 6.53. The summed E-state index contributed by atoms with van der Waals surface area (Å²) >= 11 is 0. The van der Waals surface area contributed by atoms with Gasteiger partial charge in [-0.1, -0.05) is 0 Å². The van der Waals surface area contributed by atoms with Crippen LogP contribution in [0, 0.1) is 5.82 Å². The van der Waals surface area contributed by atoms with E-state index in [9.17, 15) is 4.39 Å². The molecule has 2 heterocycles. The fraction of sp³-hybridized carbons (Fsp3) is 0.143. The Hall–Kier alpha value is -0.870. The van der Waals surface area contributed by atoms with Crippen molar-refractivity contribution in [2.24, 2.45) is 4.99 Å². The van der Waals surface area contributed by atoms with Crippen molar-refractivity contribution in [1.29, 1.82) is 0 Å². The Kier molecular flexibility index (Phi) is 4.10. The van der Waals surface area contributed by atoms with Crippen molar-refractivity contribution in [1.82, 2.24) is 4.98 Å². The van der Waals surface area contributed by atoms with Gasteiger partial charge in [0.25, 0.3) is 0 Å². The first kappa shape index (κ1) is 12.1. The lowest BCUT2D eigenvalue weighted by Crippen LogP contribution is -1.94. The van der Waals surface area contributed by atoms with Gasteiger partial charge in [-0.05, 0) is 0 Å². The first-order valence-corrected chi connectivity index (χ1v) is 3.24. The van der Waals surface area contributed by atoms with Gasteiger partial charge in [0.15, 0.2) is 5.82 Å². The van der Waals surface area contributed by atoms with Gasteiger partial charge in [0.1, 0.15) is 5.69 Å². The van der Waals surface area contributed by atoms with Gasteiger partial charge in [-0.15, -0.1) is 24.8 Å². The minimum atomic E-state index is -0.455. The molecule has 0 radical (unpaired) electrons. The van der Waals surface area contributed by atoms with Crippen molar-refractivity contribution in [3.8, 4) is 0 Å². The number of nitrogens with two attached hydrogens (primary N) is 1. The molecule has 2 N–H and O–H groups in total. The normalized spacial score (nSPS) is 11.5. The van der Waals surface area contributed by atoms with Gasteiger partial charge in [0, 0.05) is 12.6 Å². The van der Waals surface area contributed by atoms with Crippen molar-refractivity contribution in [3.05, 3.63) is 17.7 Å². The summed E-state index contributed by atoms with van der Waals surface area (Å²) in [6.07, 6.45) is 3.55. The maximum absolute atomic E-state index is 13.0. The molecule has 72 valence electrons. The smallest absolute Gasteiger partial charge is 0.175 e. The maximum Gasteiger partial charge on any atom is 0.175 e. The molecule has 1 aromatic rings. The molecule has 0 unspecified atom stereocenters. The molecule has 0 spiro atoms. The lowest BCUT2D eigenvalue weighted by atomic mass is 10.2. The molecule has 1 aromatic heterocycles. The van der Waals surface area contributed by atoms with Crippen molar-refractivity contribution >= 4 is 42.4 Å². The van der Waals surface area contributed by atoms with Crippen LogP contribution < -0.4 is 5.73 Å². The molecule has 3 nitrogen and oxygen atoms in total. The number of halogens is 3. The van der Waals surface area contributed by atoms with Crippen LogP contribution in [0.1, 0.15) is 5.69 Å². The molecule has 1 aliphatic rings. The molecule has 0 amide bonds. The van der Waals surface area contributed by atoms with Crippen LogP contribution in [0.3, 0.4) is 0 Å². The van der Waals surface area contributed by atoms with E-state index in [1.165, 1.54) is 6.20 Å². The van der Waals surface area contributed by atoms with Gasteiger partial charge < -0.3 is 5.73 Å². The minimum Gasteiger partial charge on any atom is -0.395 e. The number of hydrogen-bond donors (Lipinski definition) is 1. The average Bonchev–Trinajstić information content (AvgIpc) is 2.45. The van der Waals surface area contributed by atoms with Crippen molar-refractivity contribution in [2.45, 2.75) is 6.42 Å². The largest absolute Gasteiger partial charge is 0.395 e. The number of aromatic nitrogens is 1.